The number of hydrogen-bond acceptors (Lipinski definition) is 3. The number of phenols is 1. The lowest BCUT2D eigenvalue weighted by molar-refractivity contribution is 0.333. The summed E-state index contributed by atoms with van der Waals surface area (Å²) in [6.07, 6.45) is 0.583. The summed E-state index contributed by atoms with van der Waals surface area (Å²) in [7, 11) is 0. The molecule has 3 N–H and O–H groups in total. The number of benzene rings is 2. The molecule has 0 saturated heterocycles. The molecule has 0 heterocycles. The van der Waals surface area contributed by atoms with Gasteiger partial charge in [-0.1, -0.05) is 17.7 Å². The maximum atomic E-state index is 13.6. The Hall–Kier alpha value is -1.78. The van der Waals surface area contributed by atoms with Gasteiger partial charge in [-0.3, -0.25) is 0 Å². The molecule has 2 rings (SSSR count). The molecule has 5 heteroatoms. The molecule has 0 saturated carbocycles. The summed E-state index contributed by atoms with van der Waals surface area (Å²) < 4.78 is 19.2. The summed E-state index contributed by atoms with van der Waals surface area (Å²) >= 11 is 5.93. The summed E-state index contributed by atoms with van der Waals surface area (Å²) in [5.74, 6) is 0.262. The topological polar surface area (TPSA) is 55.5 Å². The Morgan fingerprint density at radius 3 is 2.68 bits per heavy atom. The Morgan fingerprint density at radius 1 is 1.27 bits per heavy atom. The minimum absolute atomic E-state index is 0.0375. The lowest BCUT2D eigenvalue weighted by Crippen LogP contribution is -2.16. The van der Waals surface area contributed by atoms with Gasteiger partial charge in [-0.25, -0.2) is 4.39 Å². The van der Waals surface area contributed by atoms with Crippen molar-refractivity contribution >= 4 is 11.6 Å². The highest BCUT2D eigenvalue weighted by Crippen LogP contribution is 2.31. The summed E-state index contributed by atoms with van der Waals surface area (Å²) in [6.45, 7) is 2.73. The lowest BCUT2D eigenvalue weighted by atomic mass is 9.91. The number of nitrogens with two attached hydrogens (primary N) is 1. The third-order valence-corrected chi connectivity index (χ3v) is 3.79. The summed E-state index contributed by atoms with van der Waals surface area (Å²) in [4.78, 5) is 0. The van der Waals surface area contributed by atoms with Gasteiger partial charge in [0.15, 0.2) is 0 Å². The first-order chi connectivity index (χ1) is 10.5. The smallest absolute Gasteiger partial charge is 0.134 e. The van der Waals surface area contributed by atoms with Gasteiger partial charge in [0.2, 0.25) is 0 Å². The molecule has 2 aromatic rings. The average Bonchev–Trinajstić information content (AvgIpc) is 2.50. The van der Waals surface area contributed by atoms with Gasteiger partial charge in [-0.05, 0) is 55.8 Å². The van der Waals surface area contributed by atoms with Crippen LogP contribution in [0.1, 0.15) is 24.0 Å². The van der Waals surface area contributed by atoms with Gasteiger partial charge >= 0.3 is 0 Å². The number of ether oxygens (including phenoxy) is 1. The van der Waals surface area contributed by atoms with Crippen LogP contribution in [0.5, 0.6) is 11.5 Å². The van der Waals surface area contributed by atoms with Crippen LogP contribution >= 0.6 is 11.6 Å². The number of aromatic hydroxyl groups is 1. The molecular weight excluding hydrogens is 305 g/mol. The molecule has 1 atom stereocenters. The molecule has 0 spiro atoms. The second kappa shape index (κ2) is 7.47. The Morgan fingerprint density at radius 2 is 2.05 bits per heavy atom. The third-order valence-electron chi connectivity index (χ3n) is 3.49. The summed E-state index contributed by atoms with van der Waals surface area (Å²) in [5.41, 5.74) is 7.54. The van der Waals surface area contributed by atoms with Crippen LogP contribution in [0, 0.1) is 5.82 Å². The van der Waals surface area contributed by atoms with E-state index in [1.165, 1.54) is 12.1 Å². The van der Waals surface area contributed by atoms with Crippen molar-refractivity contribution in [2.24, 2.45) is 5.73 Å². The zero-order valence-electron chi connectivity index (χ0n) is 12.4. The van der Waals surface area contributed by atoms with Crippen LogP contribution < -0.4 is 10.5 Å². The van der Waals surface area contributed by atoms with Crippen LogP contribution in [0.25, 0.3) is 0 Å². The molecule has 0 aliphatic heterocycles. The van der Waals surface area contributed by atoms with Gasteiger partial charge in [0.25, 0.3) is 0 Å². The monoisotopic (exact) mass is 323 g/mol. The van der Waals surface area contributed by atoms with Crippen molar-refractivity contribution in [1.82, 2.24) is 0 Å². The Labute approximate surface area is 134 Å². The highest BCUT2D eigenvalue weighted by molar-refractivity contribution is 6.32. The standard InChI is InChI=1S/C17H19ClFNO2/c1-2-22-17-6-4-13(19)9-14(17)12(10-20)7-11-3-5-16(21)15(18)8-11/h3-6,8-9,12,21H,2,7,10,20H2,1H3. The Kier molecular flexibility index (Phi) is 5.63. The van der Waals surface area contributed by atoms with E-state index in [9.17, 15) is 9.50 Å². The molecule has 0 bridgehead atoms. The maximum Gasteiger partial charge on any atom is 0.134 e. The fourth-order valence-corrected chi connectivity index (χ4v) is 2.61. The molecule has 3 nitrogen and oxygen atoms in total. The zero-order valence-corrected chi connectivity index (χ0v) is 13.1. The third kappa shape index (κ3) is 3.90. The van der Waals surface area contributed by atoms with E-state index in [0.29, 0.717) is 25.3 Å². The van der Waals surface area contributed by atoms with E-state index in [2.05, 4.69) is 0 Å². The molecule has 22 heavy (non-hydrogen) atoms. The second-order valence-electron chi connectivity index (χ2n) is 5.04. The minimum atomic E-state index is -0.319. The van der Waals surface area contributed by atoms with Crippen LogP contribution in [0.2, 0.25) is 5.02 Å². The van der Waals surface area contributed by atoms with Gasteiger partial charge in [0.05, 0.1) is 11.6 Å². The Balaban J connectivity index is 2.31. The predicted molar refractivity (Wildman–Crippen MR) is 86.2 cm³/mol. The van der Waals surface area contributed by atoms with E-state index < -0.39 is 0 Å². The van der Waals surface area contributed by atoms with Gasteiger partial charge in [0, 0.05) is 11.5 Å². The first-order valence-corrected chi connectivity index (χ1v) is 7.52. The number of rotatable bonds is 6. The molecule has 2 aromatic carbocycles. The van der Waals surface area contributed by atoms with Gasteiger partial charge in [-0.2, -0.15) is 0 Å². The van der Waals surface area contributed by atoms with Gasteiger partial charge in [-0.15, -0.1) is 0 Å². The first-order valence-electron chi connectivity index (χ1n) is 7.14. The van der Waals surface area contributed by atoms with Crippen molar-refractivity contribution in [3.05, 3.63) is 58.4 Å². The SMILES string of the molecule is CCOc1ccc(F)cc1C(CN)Cc1ccc(O)c(Cl)c1. The van der Waals surface area contributed by atoms with E-state index in [4.69, 9.17) is 22.1 Å². The maximum absolute atomic E-state index is 13.6. The molecule has 118 valence electrons. The van der Waals surface area contributed by atoms with Crippen molar-refractivity contribution in [1.29, 1.82) is 0 Å². The molecule has 0 radical (unpaired) electrons. The van der Waals surface area contributed by atoms with Crippen LogP contribution in [0.15, 0.2) is 36.4 Å². The first kappa shape index (κ1) is 16.6. The molecule has 0 aliphatic rings. The molecule has 0 aromatic heterocycles. The predicted octanol–water partition coefficient (Wildman–Crippen LogP) is 3.87. The van der Waals surface area contributed by atoms with E-state index in [1.807, 2.05) is 6.92 Å². The van der Waals surface area contributed by atoms with Gasteiger partial charge < -0.3 is 15.6 Å². The normalized spacial score (nSPS) is 12.2. The lowest BCUT2D eigenvalue weighted by Gasteiger charge is -2.19. The number of hydrogen-bond donors (Lipinski definition) is 2. The van der Waals surface area contributed by atoms with Crippen molar-refractivity contribution in [3.63, 3.8) is 0 Å². The van der Waals surface area contributed by atoms with Crippen molar-refractivity contribution in [2.45, 2.75) is 19.3 Å². The molecular formula is C17H19ClFNO2. The largest absolute Gasteiger partial charge is 0.506 e. The van der Waals surface area contributed by atoms with E-state index in [1.54, 1.807) is 24.3 Å². The quantitative estimate of drug-likeness (QED) is 0.848. The van der Waals surface area contributed by atoms with Crippen LogP contribution in [-0.4, -0.2) is 18.3 Å². The van der Waals surface area contributed by atoms with Gasteiger partial charge in [0.1, 0.15) is 17.3 Å². The fraction of sp³-hybridized carbons (Fsp3) is 0.294. The number of phenolic OH excluding ortho intramolecular Hbond substituents is 1. The summed E-state index contributed by atoms with van der Waals surface area (Å²) in [5, 5.41) is 9.77. The van der Waals surface area contributed by atoms with E-state index >= 15 is 0 Å². The molecule has 1 unspecified atom stereocenters. The van der Waals surface area contributed by atoms with E-state index in [-0.39, 0.29) is 22.5 Å². The Bertz CT molecular complexity index is 649. The molecule has 0 amide bonds. The average molecular weight is 324 g/mol. The fourth-order valence-electron chi connectivity index (χ4n) is 2.41. The van der Waals surface area contributed by atoms with Crippen molar-refractivity contribution < 1.29 is 14.2 Å². The van der Waals surface area contributed by atoms with E-state index in [0.717, 1.165) is 11.1 Å². The second-order valence-corrected chi connectivity index (χ2v) is 5.44. The summed E-state index contributed by atoms with van der Waals surface area (Å²) in [6, 6.07) is 9.48. The van der Waals surface area contributed by atoms with Crippen LogP contribution in [-0.2, 0) is 6.42 Å². The van der Waals surface area contributed by atoms with Crippen molar-refractivity contribution in [2.75, 3.05) is 13.2 Å². The van der Waals surface area contributed by atoms with Crippen LogP contribution in [0.4, 0.5) is 4.39 Å². The minimum Gasteiger partial charge on any atom is -0.506 e. The highest BCUT2D eigenvalue weighted by atomic mass is 35.5. The highest BCUT2D eigenvalue weighted by Gasteiger charge is 2.17. The molecule has 0 aliphatic carbocycles. The zero-order chi connectivity index (χ0) is 16.1. The molecule has 0 fully saturated rings. The number of halogens is 2. The van der Waals surface area contributed by atoms with Crippen molar-refractivity contribution in [3.8, 4) is 11.5 Å². The van der Waals surface area contributed by atoms with Crippen LogP contribution in [0.3, 0.4) is 0 Å².